The summed E-state index contributed by atoms with van der Waals surface area (Å²) in [5, 5.41) is 15.5. The molecule has 5 heteroatoms. The maximum absolute atomic E-state index is 9.15. The summed E-state index contributed by atoms with van der Waals surface area (Å²) in [5.41, 5.74) is 3.50. The number of hydrogen-bond acceptors (Lipinski definition) is 5. The van der Waals surface area contributed by atoms with E-state index in [4.69, 9.17) is 5.26 Å². The second kappa shape index (κ2) is 7.25. The lowest BCUT2D eigenvalue weighted by atomic mass is 10.1. The van der Waals surface area contributed by atoms with Gasteiger partial charge in [-0.2, -0.15) is 10.2 Å². The Kier molecular flexibility index (Phi) is 4.68. The molecule has 0 aliphatic heterocycles. The van der Waals surface area contributed by atoms with Crippen LogP contribution < -0.4 is 10.6 Å². The van der Waals surface area contributed by atoms with Gasteiger partial charge in [0.2, 0.25) is 5.95 Å². The molecule has 1 heterocycles. The zero-order valence-corrected chi connectivity index (χ0v) is 13.3. The Labute approximate surface area is 141 Å². The molecule has 2 N–H and O–H groups in total. The predicted molar refractivity (Wildman–Crippen MR) is 95.6 cm³/mol. The van der Waals surface area contributed by atoms with Crippen LogP contribution in [-0.4, -0.2) is 9.97 Å². The molecular formula is C19H17N5. The van der Waals surface area contributed by atoms with Crippen molar-refractivity contribution >= 4 is 23.1 Å². The Bertz CT molecular complexity index is 865. The average molecular weight is 315 g/mol. The van der Waals surface area contributed by atoms with E-state index in [0.29, 0.717) is 17.3 Å². The van der Waals surface area contributed by atoms with Crippen molar-refractivity contribution < 1.29 is 0 Å². The van der Waals surface area contributed by atoms with Gasteiger partial charge in [0.1, 0.15) is 11.9 Å². The van der Waals surface area contributed by atoms with Crippen molar-refractivity contribution in [3.05, 3.63) is 71.9 Å². The van der Waals surface area contributed by atoms with Crippen molar-refractivity contribution in [2.75, 3.05) is 10.6 Å². The first kappa shape index (κ1) is 15.5. The van der Waals surface area contributed by atoms with E-state index in [9.17, 15) is 0 Å². The summed E-state index contributed by atoms with van der Waals surface area (Å²) in [6.45, 7) is 2.12. The van der Waals surface area contributed by atoms with E-state index in [0.717, 1.165) is 17.8 Å². The van der Waals surface area contributed by atoms with E-state index in [-0.39, 0.29) is 0 Å². The number of nitrogens with one attached hydrogen (secondary N) is 2. The van der Waals surface area contributed by atoms with E-state index in [1.807, 2.05) is 30.3 Å². The molecule has 118 valence electrons. The summed E-state index contributed by atoms with van der Waals surface area (Å²) in [7, 11) is 0. The van der Waals surface area contributed by atoms with Crippen LogP contribution in [0.4, 0.5) is 23.1 Å². The van der Waals surface area contributed by atoms with Crippen LogP contribution in [-0.2, 0) is 6.42 Å². The molecule has 0 amide bonds. The molecule has 0 unspecified atom stereocenters. The van der Waals surface area contributed by atoms with Crippen molar-refractivity contribution in [3.63, 3.8) is 0 Å². The molecule has 24 heavy (non-hydrogen) atoms. The maximum atomic E-state index is 9.15. The maximum Gasteiger partial charge on any atom is 0.229 e. The van der Waals surface area contributed by atoms with Crippen molar-refractivity contribution in [3.8, 4) is 6.07 Å². The van der Waals surface area contributed by atoms with E-state index in [1.54, 1.807) is 18.3 Å². The molecule has 0 saturated carbocycles. The predicted octanol–water partition coefficient (Wildman–Crippen LogP) is 4.40. The number of hydrogen-bond donors (Lipinski definition) is 2. The van der Waals surface area contributed by atoms with E-state index in [1.165, 1.54) is 5.56 Å². The number of anilines is 4. The Morgan fingerprint density at radius 2 is 1.79 bits per heavy atom. The van der Waals surface area contributed by atoms with E-state index in [2.05, 4.69) is 45.7 Å². The van der Waals surface area contributed by atoms with Gasteiger partial charge in [-0.15, -0.1) is 0 Å². The smallest absolute Gasteiger partial charge is 0.229 e. The molecule has 0 aliphatic rings. The second-order valence-electron chi connectivity index (χ2n) is 5.22. The number of aromatic nitrogens is 2. The Hall–Kier alpha value is -3.39. The third-order valence-electron chi connectivity index (χ3n) is 3.58. The van der Waals surface area contributed by atoms with Gasteiger partial charge in [0, 0.05) is 11.9 Å². The number of benzene rings is 2. The quantitative estimate of drug-likeness (QED) is 0.730. The molecule has 5 nitrogen and oxygen atoms in total. The van der Waals surface area contributed by atoms with E-state index >= 15 is 0 Å². The summed E-state index contributed by atoms with van der Waals surface area (Å²) in [4.78, 5) is 8.67. The van der Waals surface area contributed by atoms with Crippen LogP contribution in [0.2, 0.25) is 0 Å². The molecule has 0 atom stereocenters. The van der Waals surface area contributed by atoms with Gasteiger partial charge >= 0.3 is 0 Å². The van der Waals surface area contributed by atoms with Crippen LogP contribution in [0.3, 0.4) is 0 Å². The molecule has 3 aromatic rings. The van der Waals surface area contributed by atoms with Crippen LogP contribution in [0.15, 0.2) is 60.8 Å². The molecule has 0 aliphatic carbocycles. The normalized spacial score (nSPS) is 10.0. The van der Waals surface area contributed by atoms with Crippen LogP contribution in [0.5, 0.6) is 0 Å². The van der Waals surface area contributed by atoms with Gasteiger partial charge < -0.3 is 10.6 Å². The summed E-state index contributed by atoms with van der Waals surface area (Å²) in [6, 6.07) is 19.4. The molecule has 0 bridgehead atoms. The van der Waals surface area contributed by atoms with Gasteiger partial charge in [0.05, 0.1) is 11.3 Å². The average Bonchev–Trinajstić information content (AvgIpc) is 2.63. The van der Waals surface area contributed by atoms with Gasteiger partial charge in [0.25, 0.3) is 0 Å². The Balaban J connectivity index is 1.77. The molecule has 2 aromatic carbocycles. The molecular weight excluding hydrogens is 298 g/mol. The first-order chi connectivity index (χ1) is 11.8. The third kappa shape index (κ3) is 3.68. The topological polar surface area (TPSA) is 73.6 Å². The van der Waals surface area contributed by atoms with Gasteiger partial charge in [-0.25, -0.2) is 4.98 Å². The molecule has 0 spiro atoms. The van der Waals surface area contributed by atoms with Crippen molar-refractivity contribution in [1.82, 2.24) is 9.97 Å². The lowest BCUT2D eigenvalue weighted by Gasteiger charge is -2.09. The lowest BCUT2D eigenvalue weighted by molar-refractivity contribution is 1.14. The van der Waals surface area contributed by atoms with Crippen LogP contribution in [0.1, 0.15) is 18.1 Å². The molecule has 0 radical (unpaired) electrons. The summed E-state index contributed by atoms with van der Waals surface area (Å²) in [5.74, 6) is 1.12. The highest BCUT2D eigenvalue weighted by Crippen LogP contribution is 2.20. The minimum Gasteiger partial charge on any atom is -0.339 e. The minimum atomic E-state index is 0.499. The van der Waals surface area contributed by atoms with Gasteiger partial charge in [-0.3, -0.25) is 0 Å². The van der Waals surface area contributed by atoms with E-state index < -0.39 is 0 Å². The summed E-state index contributed by atoms with van der Waals surface area (Å²) in [6.07, 6.45) is 2.68. The van der Waals surface area contributed by atoms with Crippen LogP contribution >= 0.6 is 0 Å². The van der Waals surface area contributed by atoms with Gasteiger partial charge in [0.15, 0.2) is 0 Å². The highest BCUT2D eigenvalue weighted by molar-refractivity contribution is 5.65. The standard InChI is InChI=1S/C19H17N5/c1-2-14-7-9-16(10-8-14)22-19-21-12-11-18(24-19)23-17-6-4-3-5-15(17)13-20/h3-12H,2H2,1H3,(H2,21,22,23,24). The number of rotatable bonds is 5. The first-order valence-corrected chi connectivity index (χ1v) is 7.73. The van der Waals surface area contributed by atoms with Crippen LogP contribution in [0.25, 0.3) is 0 Å². The lowest BCUT2D eigenvalue weighted by Crippen LogP contribution is -2.01. The zero-order valence-electron chi connectivity index (χ0n) is 13.3. The zero-order chi connectivity index (χ0) is 16.8. The minimum absolute atomic E-state index is 0.499. The van der Waals surface area contributed by atoms with Crippen LogP contribution in [0, 0.1) is 11.3 Å². The monoisotopic (exact) mass is 315 g/mol. The molecule has 0 fully saturated rings. The molecule has 1 aromatic heterocycles. The highest BCUT2D eigenvalue weighted by atomic mass is 15.1. The summed E-state index contributed by atoms with van der Waals surface area (Å²) >= 11 is 0. The van der Waals surface area contributed by atoms with Gasteiger partial charge in [-0.1, -0.05) is 31.2 Å². The number of aryl methyl sites for hydroxylation is 1. The fourth-order valence-electron chi connectivity index (χ4n) is 2.27. The fourth-order valence-corrected chi connectivity index (χ4v) is 2.27. The highest BCUT2D eigenvalue weighted by Gasteiger charge is 2.04. The fraction of sp³-hybridized carbons (Fsp3) is 0.105. The third-order valence-corrected chi connectivity index (χ3v) is 3.58. The Morgan fingerprint density at radius 1 is 1.00 bits per heavy atom. The Morgan fingerprint density at radius 3 is 2.54 bits per heavy atom. The van der Waals surface area contributed by atoms with Crippen molar-refractivity contribution in [1.29, 1.82) is 5.26 Å². The SMILES string of the molecule is CCc1ccc(Nc2nccc(Nc3ccccc3C#N)n2)cc1. The first-order valence-electron chi connectivity index (χ1n) is 7.73. The number of nitriles is 1. The van der Waals surface area contributed by atoms with Crippen molar-refractivity contribution in [2.45, 2.75) is 13.3 Å². The van der Waals surface area contributed by atoms with Crippen molar-refractivity contribution in [2.24, 2.45) is 0 Å². The van der Waals surface area contributed by atoms with Gasteiger partial charge in [-0.05, 0) is 42.3 Å². The number of para-hydroxylation sites is 1. The molecule has 3 rings (SSSR count). The number of nitrogens with zero attached hydrogens (tertiary/aromatic N) is 3. The summed E-state index contributed by atoms with van der Waals surface area (Å²) < 4.78 is 0. The second-order valence-corrected chi connectivity index (χ2v) is 5.22. The largest absolute Gasteiger partial charge is 0.339 e. The molecule has 0 saturated heterocycles.